The van der Waals surface area contributed by atoms with Gasteiger partial charge in [-0.2, -0.15) is 5.10 Å². The molecule has 0 radical (unpaired) electrons. The average Bonchev–Trinajstić information content (AvgIpc) is 3.02. The standard InChI is InChI=1S/C18H16BrN3O/c1-13-9-15(19)7-8-17(13)18(23)20-10-14-11-21-22(12-14)16-5-3-2-4-6-16/h2-9,11-12H,10H2,1H3,(H,20,23). The SMILES string of the molecule is Cc1cc(Br)ccc1C(=O)NCc1cnn(-c2ccccc2)c1. The van der Waals surface area contributed by atoms with Crippen molar-refractivity contribution < 1.29 is 4.79 Å². The van der Waals surface area contributed by atoms with Crippen LogP contribution in [0.15, 0.2) is 65.4 Å². The molecule has 0 aliphatic rings. The summed E-state index contributed by atoms with van der Waals surface area (Å²) >= 11 is 3.40. The Morgan fingerprint density at radius 1 is 1.22 bits per heavy atom. The van der Waals surface area contributed by atoms with Crippen molar-refractivity contribution in [2.45, 2.75) is 13.5 Å². The third kappa shape index (κ3) is 3.68. The molecular formula is C18H16BrN3O. The van der Waals surface area contributed by atoms with Crippen molar-refractivity contribution in [2.24, 2.45) is 0 Å². The summed E-state index contributed by atoms with van der Waals surface area (Å²) in [7, 11) is 0. The highest BCUT2D eigenvalue weighted by Gasteiger charge is 2.09. The van der Waals surface area contributed by atoms with Crippen molar-refractivity contribution in [2.75, 3.05) is 0 Å². The fraction of sp³-hybridized carbons (Fsp3) is 0.111. The topological polar surface area (TPSA) is 46.9 Å². The largest absolute Gasteiger partial charge is 0.348 e. The number of aryl methyl sites for hydroxylation is 1. The number of benzene rings is 2. The number of halogens is 1. The molecule has 0 atom stereocenters. The van der Waals surface area contributed by atoms with Gasteiger partial charge >= 0.3 is 0 Å². The number of hydrogen-bond donors (Lipinski definition) is 1. The van der Waals surface area contributed by atoms with Gasteiger partial charge in [-0.3, -0.25) is 4.79 Å². The Kier molecular flexibility index (Phi) is 4.57. The Bertz CT molecular complexity index is 827. The Hall–Kier alpha value is -2.40. The van der Waals surface area contributed by atoms with E-state index in [1.807, 2.05) is 61.7 Å². The molecular weight excluding hydrogens is 354 g/mol. The van der Waals surface area contributed by atoms with Crippen molar-refractivity contribution >= 4 is 21.8 Å². The molecule has 3 rings (SSSR count). The Balaban J connectivity index is 1.67. The lowest BCUT2D eigenvalue weighted by molar-refractivity contribution is 0.0950. The van der Waals surface area contributed by atoms with Crippen LogP contribution in [-0.4, -0.2) is 15.7 Å². The number of aromatic nitrogens is 2. The minimum atomic E-state index is -0.0811. The van der Waals surface area contributed by atoms with E-state index in [-0.39, 0.29) is 5.91 Å². The van der Waals surface area contributed by atoms with Gasteiger partial charge in [-0.1, -0.05) is 34.1 Å². The van der Waals surface area contributed by atoms with Crippen LogP contribution in [0, 0.1) is 6.92 Å². The lowest BCUT2D eigenvalue weighted by Crippen LogP contribution is -2.23. The number of para-hydroxylation sites is 1. The fourth-order valence-electron chi connectivity index (χ4n) is 2.33. The van der Waals surface area contributed by atoms with Gasteiger partial charge in [0.2, 0.25) is 0 Å². The van der Waals surface area contributed by atoms with Gasteiger partial charge in [0.05, 0.1) is 11.9 Å². The quantitative estimate of drug-likeness (QED) is 0.758. The highest BCUT2D eigenvalue weighted by molar-refractivity contribution is 9.10. The smallest absolute Gasteiger partial charge is 0.251 e. The molecule has 0 saturated carbocycles. The normalized spacial score (nSPS) is 10.5. The van der Waals surface area contributed by atoms with Gasteiger partial charge in [-0.25, -0.2) is 4.68 Å². The first-order valence-corrected chi connectivity index (χ1v) is 8.06. The molecule has 2 aromatic carbocycles. The summed E-state index contributed by atoms with van der Waals surface area (Å²) in [5.41, 5.74) is 3.58. The molecule has 1 heterocycles. The summed E-state index contributed by atoms with van der Waals surface area (Å²) in [6.45, 7) is 2.37. The van der Waals surface area contributed by atoms with E-state index >= 15 is 0 Å². The zero-order chi connectivity index (χ0) is 16.2. The number of carbonyl (C=O) groups is 1. The first-order chi connectivity index (χ1) is 11.1. The van der Waals surface area contributed by atoms with Gasteiger partial charge in [0.15, 0.2) is 0 Å². The van der Waals surface area contributed by atoms with E-state index in [9.17, 15) is 4.79 Å². The second-order valence-corrected chi connectivity index (χ2v) is 6.19. The third-order valence-electron chi connectivity index (χ3n) is 3.54. The second kappa shape index (κ2) is 6.79. The van der Waals surface area contributed by atoms with Crippen LogP contribution in [0.25, 0.3) is 5.69 Å². The molecule has 1 N–H and O–H groups in total. The van der Waals surface area contributed by atoms with Gasteiger partial charge in [0, 0.05) is 28.3 Å². The first-order valence-electron chi connectivity index (χ1n) is 7.27. The van der Waals surface area contributed by atoms with Crippen LogP contribution in [0.1, 0.15) is 21.5 Å². The summed E-state index contributed by atoms with van der Waals surface area (Å²) < 4.78 is 2.77. The van der Waals surface area contributed by atoms with Crippen molar-refractivity contribution in [1.82, 2.24) is 15.1 Å². The van der Waals surface area contributed by atoms with Crippen molar-refractivity contribution in [3.8, 4) is 5.69 Å². The molecule has 0 spiro atoms. The number of hydrogen-bond acceptors (Lipinski definition) is 2. The van der Waals surface area contributed by atoms with E-state index in [4.69, 9.17) is 0 Å². The van der Waals surface area contributed by atoms with Crippen molar-refractivity contribution in [1.29, 1.82) is 0 Å². The van der Waals surface area contributed by atoms with Crippen LogP contribution in [-0.2, 0) is 6.54 Å². The molecule has 0 bridgehead atoms. The van der Waals surface area contributed by atoms with Gasteiger partial charge in [-0.05, 0) is 42.8 Å². The molecule has 0 aliphatic carbocycles. The minimum Gasteiger partial charge on any atom is -0.348 e. The maximum absolute atomic E-state index is 12.3. The van der Waals surface area contributed by atoms with Gasteiger partial charge in [0.25, 0.3) is 5.91 Å². The number of nitrogens with one attached hydrogen (secondary N) is 1. The van der Waals surface area contributed by atoms with Crippen LogP contribution in [0.4, 0.5) is 0 Å². The maximum atomic E-state index is 12.3. The van der Waals surface area contributed by atoms with Crippen LogP contribution >= 0.6 is 15.9 Å². The Morgan fingerprint density at radius 2 is 2.00 bits per heavy atom. The van der Waals surface area contributed by atoms with Crippen LogP contribution < -0.4 is 5.32 Å². The molecule has 116 valence electrons. The van der Waals surface area contributed by atoms with E-state index in [0.717, 1.165) is 21.3 Å². The zero-order valence-electron chi connectivity index (χ0n) is 12.7. The van der Waals surface area contributed by atoms with Crippen molar-refractivity contribution in [3.05, 3.63) is 82.1 Å². The van der Waals surface area contributed by atoms with Crippen molar-refractivity contribution in [3.63, 3.8) is 0 Å². The van der Waals surface area contributed by atoms with Crippen LogP contribution in [0.2, 0.25) is 0 Å². The molecule has 23 heavy (non-hydrogen) atoms. The molecule has 0 fully saturated rings. The van der Waals surface area contributed by atoms with E-state index in [1.54, 1.807) is 10.9 Å². The Labute approximate surface area is 143 Å². The minimum absolute atomic E-state index is 0.0811. The molecule has 0 saturated heterocycles. The number of rotatable bonds is 4. The highest BCUT2D eigenvalue weighted by Crippen LogP contribution is 2.16. The number of amides is 1. The fourth-order valence-corrected chi connectivity index (χ4v) is 2.81. The van der Waals surface area contributed by atoms with E-state index in [2.05, 4.69) is 26.3 Å². The van der Waals surface area contributed by atoms with Gasteiger partial charge < -0.3 is 5.32 Å². The lowest BCUT2D eigenvalue weighted by Gasteiger charge is -2.07. The predicted molar refractivity (Wildman–Crippen MR) is 93.6 cm³/mol. The molecule has 4 nitrogen and oxygen atoms in total. The summed E-state index contributed by atoms with van der Waals surface area (Å²) in [6.07, 6.45) is 3.69. The van der Waals surface area contributed by atoms with Crippen LogP contribution in [0.5, 0.6) is 0 Å². The van der Waals surface area contributed by atoms with Gasteiger partial charge in [0.1, 0.15) is 0 Å². The predicted octanol–water partition coefficient (Wildman–Crippen LogP) is 3.87. The van der Waals surface area contributed by atoms with E-state index < -0.39 is 0 Å². The molecule has 0 unspecified atom stereocenters. The highest BCUT2D eigenvalue weighted by atomic mass is 79.9. The maximum Gasteiger partial charge on any atom is 0.251 e. The Morgan fingerprint density at radius 3 is 2.74 bits per heavy atom. The lowest BCUT2D eigenvalue weighted by atomic mass is 10.1. The summed E-state index contributed by atoms with van der Waals surface area (Å²) in [5.74, 6) is -0.0811. The summed E-state index contributed by atoms with van der Waals surface area (Å²) in [6, 6.07) is 15.5. The third-order valence-corrected chi connectivity index (χ3v) is 4.04. The zero-order valence-corrected chi connectivity index (χ0v) is 14.2. The van der Waals surface area contributed by atoms with Crippen LogP contribution in [0.3, 0.4) is 0 Å². The first kappa shape index (κ1) is 15.5. The molecule has 5 heteroatoms. The molecule has 3 aromatic rings. The monoisotopic (exact) mass is 369 g/mol. The molecule has 0 aliphatic heterocycles. The van der Waals surface area contributed by atoms with E-state index in [0.29, 0.717) is 12.1 Å². The summed E-state index contributed by atoms with van der Waals surface area (Å²) in [4.78, 5) is 12.3. The summed E-state index contributed by atoms with van der Waals surface area (Å²) in [5, 5.41) is 7.26. The number of nitrogens with zero attached hydrogens (tertiary/aromatic N) is 2. The number of carbonyl (C=O) groups excluding carboxylic acids is 1. The van der Waals surface area contributed by atoms with E-state index in [1.165, 1.54) is 0 Å². The van der Waals surface area contributed by atoms with Gasteiger partial charge in [-0.15, -0.1) is 0 Å². The second-order valence-electron chi connectivity index (χ2n) is 5.27. The molecule has 1 aromatic heterocycles. The molecule has 1 amide bonds. The average molecular weight is 370 g/mol.